The van der Waals surface area contributed by atoms with Crippen molar-refractivity contribution in [2.24, 2.45) is 5.41 Å². The summed E-state index contributed by atoms with van der Waals surface area (Å²) in [6.45, 7) is 18.7. The zero-order valence-electron chi connectivity index (χ0n) is 16.6. The van der Waals surface area contributed by atoms with Gasteiger partial charge in [-0.25, -0.2) is 4.67 Å². The third-order valence-electron chi connectivity index (χ3n) is 4.10. The number of piperazine rings is 1. The smallest absolute Gasteiger partial charge is 0.277 e. The standard InChI is InChI=1S/C17H38N3O2P.2CH4/c1-16(2,3)15-22-23(21,17(4,5)6)20-13-11-19(12-14-20)10-9-18(7)8;;/h9-15H2,1-8H3;2*1H4. The first-order valence-electron chi connectivity index (χ1n) is 8.72. The molecule has 154 valence electrons. The van der Waals surface area contributed by atoms with Gasteiger partial charge in [-0.05, 0) is 40.3 Å². The lowest BCUT2D eigenvalue weighted by atomic mass is 9.99. The minimum Gasteiger partial charge on any atom is -0.316 e. The SMILES string of the molecule is C.C.CN(C)CCN1CCN(P(=O)(OCC(C)(C)C)C(C)(C)C)CC1. The lowest BCUT2D eigenvalue weighted by Gasteiger charge is -2.44. The van der Waals surface area contributed by atoms with Crippen LogP contribution >= 0.6 is 7.52 Å². The molecular weight excluding hydrogens is 333 g/mol. The lowest BCUT2D eigenvalue weighted by Crippen LogP contribution is -2.48. The van der Waals surface area contributed by atoms with Crippen LogP contribution in [0.3, 0.4) is 0 Å². The highest BCUT2D eigenvalue weighted by molar-refractivity contribution is 7.58. The predicted molar refractivity (Wildman–Crippen MR) is 113 cm³/mol. The van der Waals surface area contributed by atoms with E-state index in [9.17, 15) is 4.57 Å². The van der Waals surface area contributed by atoms with Crippen molar-refractivity contribution in [1.29, 1.82) is 0 Å². The Kier molecular flexibility index (Phi) is 11.4. The van der Waals surface area contributed by atoms with Gasteiger partial charge in [0.1, 0.15) is 0 Å². The fourth-order valence-corrected chi connectivity index (χ4v) is 5.21. The molecule has 1 rings (SSSR count). The molecule has 0 aromatic carbocycles. The third-order valence-corrected chi connectivity index (χ3v) is 7.42. The van der Waals surface area contributed by atoms with E-state index in [0.29, 0.717) is 6.61 Å². The summed E-state index contributed by atoms with van der Waals surface area (Å²) in [5.41, 5.74) is 0.0223. The van der Waals surface area contributed by atoms with E-state index in [4.69, 9.17) is 4.52 Å². The van der Waals surface area contributed by atoms with Crippen molar-refractivity contribution >= 4 is 7.52 Å². The number of hydrogen-bond acceptors (Lipinski definition) is 4. The maximum atomic E-state index is 13.7. The molecule has 1 heterocycles. The van der Waals surface area contributed by atoms with Crippen molar-refractivity contribution in [1.82, 2.24) is 14.5 Å². The minimum atomic E-state index is -2.84. The number of likely N-dealkylation sites (N-methyl/N-ethyl adjacent to an activating group) is 1. The Morgan fingerprint density at radius 2 is 1.44 bits per heavy atom. The van der Waals surface area contributed by atoms with Crippen molar-refractivity contribution in [3.63, 3.8) is 0 Å². The Bertz CT molecular complexity index is 406. The maximum Gasteiger partial charge on any atom is 0.277 e. The average molecular weight is 380 g/mol. The molecule has 1 aliphatic rings. The number of rotatable bonds is 6. The van der Waals surface area contributed by atoms with Crippen LogP contribution in [0.5, 0.6) is 0 Å². The van der Waals surface area contributed by atoms with Crippen LogP contribution in [0.1, 0.15) is 56.4 Å². The monoisotopic (exact) mass is 379 g/mol. The Hall–Kier alpha value is 0.0700. The number of nitrogens with zero attached hydrogens (tertiary/aromatic N) is 3. The quantitative estimate of drug-likeness (QED) is 0.635. The van der Waals surface area contributed by atoms with Gasteiger partial charge in [0.05, 0.1) is 11.8 Å². The second-order valence-corrected chi connectivity index (χ2v) is 12.3. The van der Waals surface area contributed by atoms with Crippen LogP contribution in [0, 0.1) is 5.41 Å². The van der Waals surface area contributed by atoms with Gasteiger partial charge < -0.3 is 9.42 Å². The highest BCUT2D eigenvalue weighted by Gasteiger charge is 2.45. The molecule has 0 aromatic heterocycles. The van der Waals surface area contributed by atoms with Crippen LogP contribution in [0.2, 0.25) is 0 Å². The molecule has 0 spiro atoms. The molecule has 1 unspecified atom stereocenters. The van der Waals surface area contributed by atoms with Crippen LogP contribution in [0.15, 0.2) is 0 Å². The maximum absolute atomic E-state index is 13.7. The van der Waals surface area contributed by atoms with Crippen molar-refractivity contribution in [3.05, 3.63) is 0 Å². The van der Waals surface area contributed by atoms with E-state index in [1.54, 1.807) is 0 Å². The molecule has 0 saturated carbocycles. The second-order valence-electron chi connectivity index (χ2n) is 9.12. The van der Waals surface area contributed by atoms with Gasteiger partial charge in [-0.15, -0.1) is 0 Å². The molecule has 1 aliphatic heterocycles. The van der Waals surface area contributed by atoms with Gasteiger partial charge in [0, 0.05) is 39.3 Å². The first kappa shape index (κ1) is 27.3. The topological polar surface area (TPSA) is 36.0 Å². The molecule has 1 atom stereocenters. The van der Waals surface area contributed by atoms with Gasteiger partial charge in [-0.2, -0.15) is 0 Å². The summed E-state index contributed by atoms with van der Waals surface area (Å²) in [5, 5.41) is -0.357. The molecule has 0 amide bonds. The lowest BCUT2D eigenvalue weighted by molar-refractivity contribution is 0.133. The van der Waals surface area contributed by atoms with Crippen molar-refractivity contribution < 1.29 is 9.09 Å². The van der Waals surface area contributed by atoms with E-state index < -0.39 is 7.52 Å². The van der Waals surface area contributed by atoms with Gasteiger partial charge in [-0.1, -0.05) is 35.6 Å². The van der Waals surface area contributed by atoms with Crippen LogP contribution in [0.4, 0.5) is 0 Å². The van der Waals surface area contributed by atoms with E-state index in [-0.39, 0.29) is 25.4 Å². The summed E-state index contributed by atoms with van der Waals surface area (Å²) in [5.74, 6) is 0. The average Bonchev–Trinajstić information content (AvgIpc) is 2.41. The zero-order valence-corrected chi connectivity index (χ0v) is 17.4. The van der Waals surface area contributed by atoms with E-state index in [2.05, 4.69) is 49.3 Å². The Morgan fingerprint density at radius 3 is 1.80 bits per heavy atom. The van der Waals surface area contributed by atoms with Gasteiger partial charge in [0.2, 0.25) is 0 Å². The highest BCUT2D eigenvalue weighted by atomic mass is 31.2. The van der Waals surface area contributed by atoms with Crippen LogP contribution < -0.4 is 0 Å². The van der Waals surface area contributed by atoms with Gasteiger partial charge >= 0.3 is 0 Å². The molecule has 0 radical (unpaired) electrons. The fraction of sp³-hybridized carbons (Fsp3) is 1.00. The third kappa shape index (κ3) is 8.53. The number of hydrogen-bond donors (Lipinski definition) is 0. The second kappa shape index (κ2) is 10.4. The van der Waals surface area contributed by atoms with Gasteiger partial charge in [-0.3, -0.25) is 9.46 Å². The van der Waals surface area contributed by atoms with E-state index in [1.165, 1.54) is 0 Å². The van der Waals surface area contributed by atoms with Crippen LogP contribution in [-0.4, -0.2) is 79.6 Å². The normalized spacial score (nSPS) is 19.9. The predicted octanol–water partition coefficient (Wildman–Crippen LogP) is 4.49. The van der Waals surface area contributed by atoms with Crippen molar-refractivity contribution in [2.45, 2.75) is 61.6 Å². The van der Waals surface area contributed by atoms with Gasteiger partial charge in [0.15, 0.2) is 0 Å². The summed E-state index contributed by atoms with van der Waals surface area (Å²) < 4.78 is 21.9. The first-order valence-corrected chi connectivity index (χ1v) is 10.3. The zero-order chi connectivity index (χ0) is 17.9. The fourth-order valence-electron chi connectivity index (χ4n) is 2.55. The Morgan fingerprint density at radius 1 is 0.960 bits per heavy atom. The van der Waals surface area contributed by atoms with Crippen molar-refractivity contribution in [2.75, 3.05) is 60.0 Å². The molecular formula is C19H46N3O2P. The minimum absolute atomic E-state index is 0. The summed E-state index contributed by atoms with van der Waals surface area (Å²) in [6, 6.07) is 0. The molecule has 6 heteroatoms. The molecule has 25 heavy (non-hydrogen) atoms. The van der Waals surface area contributed by atoms with Crippen LogP contribution in [-0.2, 0) is 9.09 Å². The van der Waals surface area contributed by atoms with Crippen molar-refractivity contribution in [3.8, 4) is 0 Å². The van der Waals surface area contributed by atoms with E-state index in [1.807, 2.05) is 20.8 Å². The summed E-state index contributed by atoms with van der Waals surface area (Å²) in [4.78, 5) is 4.66. The summed E-state index contributed by atoms with van der Waals surface area (Å²) in [7, 11) is 1.36. The molecule has 0 N–H and O–H groups in total. The van der Waals surface area contributed by atoms with Crippen LogP contribution in [0.25, 0.3) is 0 Å². The molecule has 1 fully saturated rings. The molecule has 0 bridgehead atoms. The van der Waals surface area contributed by atoms with E-state index in [0.717, 1.165) is 39.3 Å². The van der Waals surface area contributed by atoms with E-state index >= 15 is 0 Å². The molecule has 1 saturated heterocycles. The first-order chi connectivity index (χ1) is 10.3. The Balaban J connectivity index is 0. The molecule has 5 nitrogen and oxygen atoms in total. The molecule has 0 aliphatic carbocycles. The highest BCUT2D eigenvalue weighted by Crippen LogP contribution is 2.62. The molecule has 0 aromatic rings. The van der Waals surface area contributed by atoms with Gasteiger partial charge in [0.25, 0.3) is 7.52 Å². The summed E-state index contributed by atoms with van der Waals surface area (Å²) in [6.07, 6.45) is 0. The Labute approximate surface area is 158 Å². The largest absolute Gasteiger partial charge is 0.316 e. The summed E-state index contributed by atoms with van der Waals surface area (Å²) >= 11 is 0.